The van der Waals surface area contributed by atoms with Gasteiger partial charge in [0.05, 0.1) is 0 Å². The van der Waals surface area contributed by atoms with E-state index in [-0.39, 0.29) is 0 Å². The van der Waals surface area contributed by atoms with E-state index in [1.807, 2.05) is 6.92 Å². The van der Waals surface area contributed by atoms with E-state index < -0.39 is 0 Å². The molecule has 0 aromatic carbocycles. The molecule has 5 nitrogen and oxygen atoms in total. The van der Waals surface area contributed by atoms with Gasteiger partial charge in [0.25, 0.3) is 0 Å². The van der Waals surface area contributed by atoms with Crippen LogP contribution < -0.4 is 10.2 Å². The van der Waals surface area contributed by atoms with Gasteiger partial charge in [-0.1, -0.05) is 0 Å². The van der Waals surface area contributed by atoms with Crippen LogP contribution in [0.5, 0.6) is 0 Å². The topological polar surface area (TPSA) is 44.3 Å². The lowest BCUT2D eigenvalue weighted by atomic mass is 9.96. The summed E-state index contributed by atoms with van der Waals surface area (Å²) < 4.78 is 0. The molecule has 1 aromatic heterocycles. The van der Waals surface area contributed by atoms with Gasteiger partial charge in [-0.25, -0.2) is 9.97 Å². The first kappa shape index (κ1) is 15.0. The second-order valence-corrected chi connectivity index (χ2v) is 5.88. The number of hydrogen-bond acceptors (Lipinski definition) is 5. The van der Waals surface area contributed by atoms with Crippen molar-refractivity contribution < 1.29 is 0 Å². The van der Waals surface area contributed by atoms with Crippen LogP contribution in [0.4, 0.5) is 11.6 Å². The van der Waals surface area contributed by atoms with Crippen LogP contribution in [0, 0.1) is 12.8 Å². The van der Waals surface area contributed by atoms with Gasteiger partial charge in [0.1, 0.15) is 17.5 Å². The molecule has 1 aliphatic heterocycles. The summed E-state index contributed by atoms with van der Waals surface area (Å²) in [5.74, 6) is 3.66. The summed E-state index contributed by atoms with van der Waals surface area (Å²) >= 11 is 0. The van der Waals surface area contributed by atoms with Gasteiger partial charge in [0.15, 0.2) is 0 Å². The summed E-state index contributed by atoms with van der Waals surface area (Å²) in [6, 6.07) is 2.07. The quantitative estimate of drug-likeness (QED) is 0.892. The van der Waals surface area contributed by atoms with Crippen molar-refractivity contribution in [2.24, 2.45) is 5.92 Å². The number of aryl methyl sites for hydroxylation is 1. The molecule has 0 amide bonds. The van der Waals surface area contributed by atoms with E-state index in [4.69, 9.17) is 0 Å². The average Bonchev–Trinajstić information content (AvgIpc) is 2.38. The molecular formula is C15H27N5. The summed E-state index contributed by atoms with van der Waals surface area (Å²) in [6.45, 7) is 8.33. The van der Waals surface area contributed by atoms with E-state index in [1.54, 1.807) is 0 Å². The minimum atomic E-state index is 0.817. The number of anilines is 2. The molecule has 1 saturated heterocycles. The maximum atomic E-state index is 4.59. The fraction of sp³-hybridized carbons (Fsp3) is 0.733. The van der Waals surface area contributed by atoms with Crippen molar-refractivity contribution in [2.75, 3.05) is 50.5 Å². The Hall–Kier alpha value is -1.36. The van der Waals surface area contributed by atoms with Gasteiger partial charge in [-0.2, -0.15) is 0 Å². The van der Waals surface area contributed by atoms with E-state index in [2.05, 4.69) is 52.2 Å². The number of nitrogens with zero attached hydrogens (tertiary/aromatic N) is 4. The zero-order valence-corrected chi connectivity index (χ0v) is 13.2. The van der Waals surface area contributed by atoms with Crippen molar-refractivity contribution in [1.29, 1.82) is 0 Å². The third kappa shape index (κ3) is 4.07. The van der Waals surface area contributed by atoms with Gasteiger partial charge >= 0.3 is 0 Å². The average molecular weight is 277 g/mol. The minimum Gasteiger partial charge on any atom is -0.370 e. The fourth-order valence-electron chi connectivity index (χ4n) is 2.85. The molecule has 112 valence electrons. The molecule has 1 N–H and O–H groups in total. The van der Waals surface area contributed by atoms with Crippen LogP contribution in [-0.4, -0.2) is 55.1 Å². The van der Waals surface area contributed by atoms with Crippen molar-refractivity contribution in [3.63, 3.8) is 0 Å². The molecule has 0 aliphatic carbocycles. The first-order valence-electron chi connectivity index (χ1n) is 7.57. The lowest BCUT2D eigenvalue weighted by Crippen LogP contribution is -2.37. The third-order valence-electron chi connectivity index (χ3n) is 3.74. The number of nitrogens with one attached hydrogen (secondary N) is 1. The van der Waals surface area contributed by atoms with E-state index in [0.29, 0.717) is 0 Å². The van der Waals surface area contributed by atoms with Crippen LogP contribution >= 0.6 is 0 Å². The normalized spacial score (nSPS) is 16.8. The summed E-state index contributed by atoms with van der Waals surface area (Å²) in [4.78, 5) is 13.7. The van der Waals surface area contributed by atoms with Crippen molar-refractivity contribution in [2.45, 2.75) is 26.7 Å². The predicted octanol–water partition coefficient (Wildman–Crippen LogP) is 1.99. The Morgan fingerprint density at radius 1 is 1.30 bits per heavy atom. The maximum absolute atomic E-state index is 4.59. The zero-order valence-electron chi connectivity index (χ0n) is 13.2. The van der Waals surface area contributed by atoms with Crippen LogP contribution in [0.15, 0.2) is 6.07 Å². The van der Waals surface area contributed by atoms with Crippen LogP contribution in [-0.2, 0) is 0 Å². The Morgan fingerprint density at radius 3 is 2.60 bits per heavy atom. The minimum absolute atomic E-state index is 0.817. The molecule has 5 heteroatoms. The number of rotatable bonds is 5. The Kier molecular flexibility index (Phi) is 5.17. The van der Waals surface area contributed by atoms with Gasteiger partial charge < -0.3 is 15.1 Å². The Labute approximate surface area is 122 Å². The lowest BCUT2D eigenvalue weighted by molar-refractivity contribution is 0.284. The largest absolute Gasteiger partial charge is 0.370 e. The highest BCUT2D eigenvalue weighted by atomic mass is 15.2. The molecule has 0 saturated carbocycles. The molecular weight excluding hydrogens is 250 g/mol. The van der Waals surface area contributed by atoms with Crippen LogP contribution in [0.2, 0.25) is 0 Å². The Balaban J connectivity index is 1.99. The highest BCUT2D eigenvalue weighted by molar-refractivity contribution is 5.49. The SMILES string of the molecule is CCNc1cc(N2CCC(CN(C)C)CC2)nc(C)n1. The molecule has 0 bridgehead atoms. The highest BCUT2D eigenvalue weighted by Gasteiger charge is 2.21. The molecule has 0 spiro atoms. The van der Waals surface area contributed by atoms with Gasteiger partial charge in [0, 0.05) is 32.2 Å². The molecule has 20 heavy (non-hydrogen) atoms. The number of hydrogen-bond donors (Lipinski definition) is 1. The smallest absolute Gasteiger partial charge is 0.134 e. The van der Waals surface area contributed by atoms with Crippen molar-refractivity contribution in [1.82, 2.24) is 14.9 Å². The van der Waals surface area contributed by atoms with Gasteiger partial charge in [-0.05, 0) is 46.7 Å². The molecule has 0 unspecified atom stereocenters. The first-order chi connectivity index (χ1) is 9.58. The monoisotopic (exact) mass is 277 g/mol. The molecule has 2 rings (SSSR count). The standard InChI is InChI=1S/C15H27N5/c1-5-16-14-10-15(18-12(2)17-14)20-8-6-13(7-9-20)11-19(3)4/h10,13H,5-9,11H2,1-4H3,(H,16,17,18). The highest BCUT2D eigenvalue weighted by Crippen LogP contribution is 2.23. The van der Waals surface area contributed by atoms with E-state index in [1.165, 1.54) is 19.4 Å². The van der Waals surface area contributed by atoms with Gasteiger partial charge in [-0.3, -0.25) is 0 Å². The molecule has 0 radical (unpaired) electrons. The van der Waals surface area contributed by atoms with Gasteiger partial charge in [-0.15, -0.1) is 0 Å². The number of piperidine rings is 1. The van der Waals surface area contributed by atoms with Gasteiger partial charge in [0.2, 0.25) is 0 Å². The molecule has 1 aliphatic rings. The summed E-state index contributed by atoms with van der Waals surface area (Å²) in [6.07, 6.45) is 2.50. The molecule has 2 heterocycles. The number of aromatic nitrogens is 2. The van der Waals surface area contributed by atoms with Crippen LogP contribution in [0.1, 0.15) is 25.6 Å². The predicted molar refractivity (Wildman–Crippen MR) is 84.4 cm³/mol. The summed E-state index contributed by atoms with van der Waals surface area (Å²) in [5, 5.41) is 3.28. The zero-order chi connectivity index (χ0) is 14.5. The van der Waals surface area contributed by atoms with Crippen molar-refractivity contribution in [3.05, 3.63) is 11.9 Å². The maximum Gasteiger partial charge on any atom is 0.134 e. The second-order valence-electron chi connectivity index (χ2n) is 5.88. The molecule has 1 aromatic rings. The van der Waals surface area contributed by atoms with E-state index in [9.17, 15) is 0 Å². The van der Waals surface area contributed by atoms with Crippen molar-refractivity contribution >= 4 is 11.6 Å². The first-order valence-corrected chi connectivity index (χ1v) is 7.57. The van der Waals surface area contributed by atoms with Crippen molar-refractivity contribution in [3.8, 4) is 0 Å². The molecule has 1 fully saturated rings. The summed E-state index contributed by atoms with van der Waals surface area (Å²) in [5.41, 5.74) is 0. The van der Waals surface area contributed by atoms with E-state index in [0.717, 1.165) is 43.0 Å². The fourth-order valence-corrected chi connectivity index (χ4v) is 2.85. The summed E-state index contributed by atoms with van der Waals surface area (Å²) in [7, 11) is 4.31. The Bertz CT molecular complexity index is 424. The van der Waals surface area contributed by atoms with E-state index >= 15 is 0 Å². The van der Waals surface area contributed by atoms with Crippen LogP contribution in [0.3, 0.4) is 0 Å². The Morgan fingerprint density at radius 2 is 2.00 bits per heavy atom. The lowest BCUT2D eigenvalue weighted by Gasteiger charge is -2.34. The third-order valence-corrected chi connectivity index (χ3v) is 3.74. The van der Waals surface area contributed by atoms with Crippen LogP contribution in [0.25, 0.3) is 0 Å². The second kappa shape index (κ2) is 6.88. The molecule has 0 atom stereocenters.